The minimum absolute atomic E-state index is 0.0738. The van der Waals surface area contributed by atoms with Crippen LogP contribution in [0.15, 0.2) is 71.1 Å². The number of carboxylic acids is 1. The van der Waals surface area contributed by atoms with E-state index >= 15 is 0 Å². The van der Waals surface area contributed by atoms with Gasteiger partial charge < -0.3 is 5.11 Å². The summed E-state index contributed by atoms with van der Waals surface area (Å²) < 4.78 is 27.4. The van der Waals surface area contributed by atoms with Gasteiger partial charge in [0.15, 0.2) is 0 Å². The molecular formula is C18H16ClNO4S. The maximum Gasteiger partial charge on any atom is 0.332 e. The third-order valence-electron chi connectivity index (χ3n) is 4.14. The number of rotatable bonds is 4. The Bertz CT molecular complexity index is 908. The smallest absolute Gasteiger partial charge is 0.332 e. The van der Waals surface area contributed by atoms with Crippen LogP contribution in [0.25, 0.3) is 0 Å². The lowest BCUT2D eigenvalue weighted by Gasteiger charge is -2.34. The van der Waals surface area contributed by atoms with Gasteiger partial charge in [0.25, 0.3) is 0 Å². The first-order chi connectivity index (χ1) is 11.9. The lowest BCUT2D eigenvalue weighted by atomic mass is 9.98. The molecule has 1 aliphatic rings. The van der Waals surface area contributed by atoms with Crippen LogP contribution in [-0.4, -0.2) is 30.3 Å². The lowest BCUT2D eigenvalue weighted by Crippen LogP contribution is -2.39. The fourth-order valence-electron chi connectivity index (χ4n) is 2.84. The molecule has 0 saturated carbocycles. The van der Waals surface area contributed by atoms with Crippen molar-refractivity contribution >= 4 is 27.6 Å². The fraction of sp³-hybridized carbons (Fsp3) is 0.167. The molecule has 0 spiro atoms. The third-order valence-corrected chi connectivity index (χ3v) is 6.26. The van der Waals surface area contributed by atoms with Crippen molar-refractivity contribution in [3.05, 3.63) is 76.8 Å². The summed E-state index contributed by atoms with van der Waals surface area (Å²) in [5, 5.41) is 9.83. The Morgan fingerprint density at radius 3 is 2.32 bits per heavy atom. The van der Waals surface area contributed by atoms with Crippen LogP contribution in [0, 0.1) is 0 Å². The van der Waals surface area contributed by atoms with E-state index < -0.39 is 22.0 Å². The van der Waals surface area contributed by atoms with Crippen LogP contribution in [0.5, 0.6) is 0 Å². The second-order valence-electron chi connectivity index (χ2n) is 5.70. The number of halogens is 1. The minimum Gasteiger partial charge on any atom is -0.478 e. The highest BCUT2D eigenvalue weighted by atomic mass is 35.5. The minimum atomic E-state index is -3.84. The van der Waals surface area contributed by atoms with Gasteiger partial charge in [0.05, 0.1) is 10.9 Å². The van der Waals surface area contributed by atoms with Gasteiger partial charge in [-0.3, -0.25) is 0 Å². The summed E-state index contributed by atoms with van der Waals surface area (Å²) in [5.41, 5.74) is 0.842. The number of nitrogens with zero attached hydrogens (tertiary/aromatic N) is 1. The van der Waals surface area contributed by atoms with Crippen LogP contribution in [0.4, 0.5) is 0 Å². The van der Waals surface area contributed by atoms with Crippen molar-refractivity contribution in [2.45, 2.75) is 17.4 Å². The molecule has 1 atom stereocenters. The van der Waals surface area contributed by atoms with Gasteiger partial charge in [0, 0.05) is 17.1 Å². The van der Waals surface area contributed by atoms with E-state index in [1.54, 1.807) is 48.5 Å². The van der Waals surface area contributed by atoms with Crippen molar-refractivity contribution in [2.24, 2.45) is 0 Å². The highest BCUT2D eigenvalue weighted by Gasteiger charge is 2.36. The normalized spacial score (nSPS) is 18.6. The largest absolute Gasteiger partial charge is 0.478 e. The second kappa shape index (κ2) is 7.00. The highest BCUT2D eigenvalue weighted by Crippen LogP contribution is 2.35. The van der Waals surface area contributed by atoms with E-state index in [1.165, 1.54) is 16.4 Å². The van der Waals surface area contributed by atoms with E-state index in [2.05, 4.69) is 0 Å². The fourth-order valence-corrected chi connectivity index (χ4v) is 4.59. The first kappa shape index (κ1) is 17.7. The van der Waals surface area contributed by atoms with Crippen molar-refractivity contribution in [3.63, 3.8) is 0 Å². The molecule has 3 rings (SSSR count). The van der Waals surface area contributed by atoms with Gasteiger partial charge in [-0.2, -0.15) is 4.31 Å². The number of hydrogen-bond donors (Lipinski definition) is 1. The molecule has 2 aromatic rings. The molecule has 1 heterocycles. The van der Waals surface area contributed by atoms with Gasteiger partial charge in [0.2, 0.25) is 10.0 Å². The predicted octanol–water partition coefficient (Wildman–Crippen LogP) is 3.49. The molecule has 0 saturated heterocycles. The molecule has 7 heteroatoms. The summed E-state index contributed by atoms with van der Waals surface area (Å²) in [7, 11) is -3.84. The standard InChI is InChI=1S/C18H16ClNO4S/c19-15-9-6-13(7-10-15)17-11-8-14(18(21)22)12-20(17)25(23,24)16-4-2-1-3-5-16/h1-10,17H,11-12H2,(H,21,22). The molecule has 0 aliphatic carbocycles. The Morgan fingerprint density at radius 1 is 1.08 bits per heavy atom. The predicted molar refractivity (Wildman–Crippen MR) is 94.9 cm³/mol. The van der Waals surface area contributed by atoms with Gasteiger partial charge >= 0.3 is 5.97 Å². The Hall–Kier alpha value is -2.15. The highest BCUT2D eigenvalue weighted by molar-refractivity contribution is 7.89. The molecule has 0 bridgehead atoms. The molecule has 0 aromatic heterocycles. The second-order valence-corrected chi connectivity index (χ2v) is 8.03. The van der Waals surface area contributed by atoms with E-state index in [1.807, 2.05) is 0 Å². The molecular weight excluding hydrogens is 362 g/mol. The molecule has 0 radical (unpaired) electrons. The van der Waals surface area contributed by atoms with Crippen LogP contribution < -0.4 is 0 Å². The van der Waals surface area contributed by atoms with Crippen molar-refractivity contribution in [1.29, 1.82) is 0 Å². The van der Waals surface area contributed by atoms with Crippen LogP contribution in [0.3, 0.4) is 0 Å². The SMILES string of the molecule is O=C(O)C1=CCC(c2ccc(Cl)cc2)N(S(=O)(=O)c2ccccc2)C1. The van der Waals surface area contributed by atoms with Crippen molar-refractivity contribution < 1.29 is 18.3 Å². The lowest BCUT2D eigenvalue weighted by molar-refractivity contribution is -0.133. The Morgan fingerprint density at radius 2 is 1.72 bits per heavy atom. The maximum atomic E-state index is 13.1. The Balaban J connectivity index is 2.06. The number of sulfonamides is 1. The number of hydrogen-bond acceptors (Lipinski definition) is 3. The molecule has 2 aromatic carbocycles. The van der Waals surface area contributed by atoms with Gasteiger partial charge in [-0.15, -0.1) is 0 Å². The summed E-state index contributed by atoms with van der Waals surface area (Å²) in [5.74, 6) is -1.11. The summed E-state index contributed by atoms with van der Waals surface area (Å²) >= 11 is 5.92. The summed E-state index contributed by atoms with van der Waals surface area (Å²) in [4.78, 5) is 11.5. The average molecular weight is 378 g/mol. The Labute approximate surface area is 151 Å². The summed E-state index contributed by atoms with van der Waals surface area (Å²) in [6.45, 7) is -0.181. The van der Waals surface area contributed by atoms with Gasteiger partial charge in [0.1, 0.15) is 0 Å². The topological polar surface area (TPSA) is 74.7 Å². The average Bonchev–Trinajstić information content (AvgIpc) is 2.62. The number of carboxylic acid groups (broad SMARTS) is 1. The zero-order valence-electron chi connectivity index (χ0n) is 13.2. The van der Waals surface area contributed by atoms with E-state index in [9.17, 15) is 18.3 Å². The molecule has 5 nitrogen and oxygen atoms in total. The summed E-state index contributed by atoms with van der Waals surface area (Å²) in [6, 6.07) is 14.5. The van der Waals surface area contributed by atoms with Crippen LogP contribution in [0.2, 0.25) is 5.02 Å². The zero-order chi connectivity index (χ0) is 18.0. The monoisotopic (exact) mass is 377 g/mol. The van der Waals surface area contributed by atoms with E-state index in [0.29, 0.717) is 5.02 Å². The quantitative estimate of drug-likeness (QED) is 0.885. The number of benzene rings is 2. The van der Waals surface area contributed by atoms with Gasteiger partial charge in [-0.25, -0.2) is 13.2 Å². The molecule has 1 aliphatic heterocycles. The van der Waals surface area contributed by atoms with E-state index in [-0.39, 0.29) is 23.4 Å². The third kappa shape index (κ3) is 3.61. The summed E-state index contributed by atoms with van der Waals surface area (Å²) in [6.07, 6.45) is 1.87. The first-order valence-corrected chi connectivity index (χ1v) is 9.46. The van der Waals surface area contributed by atoms with Crippen molar-refractivity contribution in [2.75, 3.05) is 6.54 Å². The van der Waals surface area contributed by atoms with E-state index in [0.717, 1.165) is 5.56 Å². The zero-order valence-corrected chi connectivity index (χ0v) is 14.7. The van der Waals surface area contributed by atoms with Crippen molar-refractivity contribution in [1.82, 2.24) is 4.31 Å². The van der Waals surface area contributed by atoms with E-state index in [4.69, 9.17) is 11.6 Å². The number of carbonyl (C=O) groups is 1. The molecule has 25 heavy (non-hydrogen) atoms. The maximum absolute atomic E-state index is 13.1. The Kier molecular flexibility index (Phi) is 4.94. The molecule has 130 valence electrons. The van der Waals surface area contributed by atoms with Crippen LogP contribution >= 0.6 is 11.6 Å². The number of aliphatic carboxylic acids is 1. The molecule has 0 amide bonds. The van der Waals surface area contributed by atoms with Crippen molar-refractivity contribution in [3.8, 4) is 0 Å². The van der Waals surface area contributed by atoms with Crippen LogP contribution in [-0.2, 0) is 14.8 Å². The molecule has 0 fully saturated rings. The van der Waals surface area contributed by atoms with Gasteiger partial charge in [-0.05, 0) is 36.2 Å². The van der Waals surface area contributed by atoms with Gasteiger partial charge in [-0.1, -0.05) is 48.0 Å². The van der Waals surface area contributed by atoms with Crippen LogP contribution in [0.1, 0.15) is 18.0 Å². The molecule has 1 unspecified atom stereocenters. The molecule has 1 N–H and O–H groups in total. The first-order valence-electron chi connectivity index (χ1n) is 7.64.